The van der Waals surface area contributed by atoms with Gasteiger partial charge in [0.1, 0.15) is 0 Å². The molecule has 3 N–H and O–H groups in total. The number of carboxylic acid groups (broad SMARTS) is 3. The number of aliphatic carboxylic acids is 3. The second-order valence-electron chi connectivity index (χ2n) is 18.7. The molecule has 0 radical (unpaired) electrons. The van der Waals surface area contributed by atoms with E-state index in [0.29, 0.717) is 19.3 Å². The van der Waals surface area contributed by atoms with E-state index in [0.717, 1.165) is 96.3 Å². The second-order valence-corrected chi connectivity index (χ2v) is 18.7. The maximum atomic E-state index is 10.2. The first-order chi connectivity index (χ1) is 30.5. The van der Waals surface area contributed by atoms with Crippen LogP contribution in [0.1, 0.15) is 310 Å². The van der Waals surface area contributed by atoms with Crippen molar-refractivity contribution in [2.45, 2.75) is 328 Å². The van der Waals surface area contributed by atoms with Crippen molar-refractivity contribution in [2.75, 3.05) is 0 Å². The van der Waals surface area contributed by atoms with Crippen LogP contribution < -0.4 is 15.3 Å². The quantitative estimate of drug-likeness (QED) is 0.0395. The SMILES string of the molecule is CCCCCCCCCCCC(O)CCCCCC(=O)[O-].CCCCCCCCCCCC(O)CCCCCC(=O)[O-].CCCCCCCCCCCC(O)CCCCCC(=O)[O-].[Al+3]. The molecule has 10 heteroatoms. The van der Waals surface area contributed by atoms with Crippen molar-refractivity contribution in [3.63, 3.8) is 0 Å². The largest absolute Gasteiger partial charge is 3.00 e. The van der Waals surface area contributed by atoms with Crippen LogP contribution in [-0.2, 0) is 14.4 Å². The molecule has 0 saturated carbocycles. The summed E-state index contributed by atoms with van der Waals surface area (Å²) in [7, 11) is 0. The summed E-state index contributed by atoms with van der Waals surface area (Å²) in [5, 5.41) is 60.2. The molecule has 0 aliphatic rings. The molecule has 0 spiro atoms. The van der Waals surface area contributed by atoms with Gasteiger partial charge in [0.2, 0.25) is 0 Å². The number of rotatable bonds is 48. The number of aliphatic hydroxyl groups is 3. The molecule has 0 aromatic rings. The van der Waals surface area contributed by atoms with Gasteiger partial charge in [0.05, 0.1) is 18.3 Å². The zero-order chi connectivity index (χ0) is 47.3. The van der Waals surface area contributed by atoms with Gasteiger partial charge in [-0.05, 0) is 77.0 Å². The van der Waals surface area contributed by atoms with E-state index >= 15 is 0 Å². The number of carboxylic acids is 3. The summed E-state index contributed by atoms with van der Waals surface area (Å²) in [5.41, 5.74) is 0. The van der Waals surface area contributed by atoms with Crippen molar-refractivity contribution in [3.05, 3.63) is 0 Å². The van der Waals surface area contributed by atoms with E-state index in [-0.39, 0.29) is 54.9 Å². The monoisotopic (exact) mass is 925 g/mol. The minimum Gasteiger partial charge on any atom is -0.550 e. The van der Waals surface area contributed by atoms with Crippen LogP contribution >= 0.6 is 0 Å². The van der Waals surface area contributed by atoms with Gasteiger partial charge in [-0.25, -0.2) is 0 Å². The second kappa shape index (κ2) is 59.8. The zero-order valence-electron chi connectivity index (χ0n) is 42.4. The Bertz CT molecular complexity index is 807. The molecule has 0 aromatic heterocycles. The third-order valence-corrected chi connectivity index (χ3v) is 12.2. The van der Waals surface area contributed by atoms with Crippen LogP contribution in [0.2, 0.25) is 0 Å². The van der Waals surface area contributed by atoms with E-state index in [1.165, 1.54) is 154 Å². The summed E-state index contributed by atoms with van der Waals surface area (Å²) in [6.07, 6.45) is 47.8. The Morgan fingerprint density at radius 2 is 0.422 bits per heavy atom. The van der Waals surface area contributed by atoms with Crippen LogP contribution in [0.5, 0.6) is 0 Å². The van der Waals surface area contributed by atoms with Gasteiger partial charge >= 0.3 is 17.4 Å². The van der Waals surface area contributed by atoms with Crippen molar-refractivity contribution in [3.8, 4) is 0 Å². The molecule has 0 bridgehead atoms. The fourth-order valence-corrected chi connectivity index (χ4v) is 7.98. The molecule has 3 atom stereocenters. The summed E-state index contributed by atoms with van der Waals surface area (Å²) in [4.78, 5) is 30.7. The predicted molar refractivity (Wildman–Crippen MR) is 264 cm³/mol. The maximum absolute atomic E-state index is 10.2. The molecule has 3 unspecified atom stereocenters. The van der Waals surface area contributed by atoms with Gasteiger partial charge in [-0.2, -0.15) is 0 Å². The van der Waals surface area contributed by atoms with Crippen molar-refractivity contribution in [2.24, 2.45) is 0 Å². The zero-order valence-corrected chi connectivity index (χ0v) is 43.6. The first-order valence-electron chi connectivity index (χ1n) is 27.1. The van der Waals surface area contributed by atoms with Crippen molar-refractivity contribution < 1.29 is 45.0 Å². The molecule has 0 saturated heterocycles. The van der Waals surface area contributed by atoms with E-state index in [1.54, 1.807) is 0 Å². The molecule has 0 fully saturated rings. The van der Waals surface area contributed by atoms with Crippen LogP contribution in [0.25, 0.3) is 0 Å². The minimum absolute atomic E-state index is 0. The molecule has 0 aliphatic carbocycles. The standard InChI is InChI=1S/3C18H36O3.Al/c3*1-2-3-4-5-6-7-8-9-11-14-17(19)15-12-10-13-16-18(20)21;/h3*17,19H,2-16H2,1H3,(H,20,21);/q;;;+3/p-3. The number of carbonyl (C=O) groups excluding carboxylic acids is 3. The summed E-state index contributed by atoms with van der Waals surface area (Å²) < 4.78 is 0. The Balaban J connectivity index is -0.000000419. The Kier molecular flexibility index (Phi) is 64.9. The van der Waals surface area contributed by atoms with Crippen molar-refractivity contribution in [1.82, 2.24) is 0 Å². The predicted octanol–water partition coefficient (Wildman–Crippen LogP) is 11.5. The summed E-state index contributed by atoms with van der Waals surface area (Å²) >= 11 is 0. The number of hydrogen-bond donors (Lipinski definition) is 3. The topological polar surface area (TPSA) is 181 Å². The first-order valence-corrected chi connectivity index (χ1v) is 27.1. The Morgan fingerprint density at radius 3 is 0.578 bits per heavy atom. The van der Waals surface area contributed by atoms with Crippen LogP contribution in [0.4, 0.5) is 0 Å². The van der Waals surface area contributed by atoms with E-state index in [4.69, 9.17) is 0 Å². The van der Waals surface area contributed by atoms with Crippen LogP contribution in [-0.4, -0.2) is 68.9 Å². The minimum atomic E-state index is -0.967. The van der Waals surface area contributed by atoms with E-state index < -0.39 is 17.9 Å². The molecule has 0 aliphatic heterocycles. The number of unbranched alkanes of at least 4 members (excludes halogenated alkanes) is 30. The first kappa shape index (κ1) is 69.4. The van der Waals surface area contributed by atoms with Gasteiger partial charge in [0.25, 0.3) is 0 Å². The Labute approximate surface area is 406 Å². The number of carbonyl (C=O) groups is 3. The van der Waals surface area contributed by atoms with Gasteiger partial charge in [-0.3, -0.25) is 0 Å². The molecular formula is C54H105AlO9. The summed E-state index contributed by atoms with van der Waals surface area (Å²) in [6, 6.07) is 0. The molecule has 64 heavy (non-hydrogen) atoms. The average molecular weight is 925 g/mol. The Hall–Kier alpha value is -1.18. The summed E-state index contributed by atoms with van der Waals surface area (Å²) in [6.45, 7) is 6.73. The molecule has 0 amide bonds. The fraction of sp³-hybridized carbons (Fsp3) is 0.944. The normalized spacial score (nSPS) is 12.3. The average Bonchev–Trinajstić information content (AvgIpc) is 3.24. The third kappa shape index (κ3) is 69.9. The van der Waals surface area contributed by atoms with Gasteiger partial charge in [-0.15, -0.1) is 0 Å². The molecule has 9 nitrogen and oxygen atoms in total. The molecule has 0 heterocycles. The van der Waals surface area contributed by atoms with Crippen molar-refractivity contribution >= 4 is 35.3 Å². The van der Waals surface area contributed by atoms with Gasteiger partial charge < -0.3 is 45.0 Å². The van der Waals surface area contributed by atoms with Crippen LogP contribution in [0.3, 0.4) is 0 Å². The summed E-state index contributed by atoms with van der Waals surface area (Å²) in [5.74, 6) is -2.90. The van der Waals surface area contributed by atoms with Gasteiger partial charge in [0.15, 0.2) is 0 Å². The molecule has 0 rings (SSSR count). The smallest absolute Gasteiger partial charge is 0.550 e. The number of hydrogen-bond acceptors (Lipinski definition) is 9. The molecular weight excluding hydrogens is 820 g/mol. The van der Waals surface area contributed by atoms with E-state index in [1.807, 2.05) is 0 Å². The van der Waals surface area contributed by atoms with Crippen molar-refractivity contribution in [1.29, 1.82) is 0 Å². The molecule has 378 valence electrons. The van der Waals surface area contributed by atoms with Gasteiger partial charge in [-0.1, -0.05) is 233 Å². The van der Waals surface area contributed by atoms with Crippen LogP contribution in [0.15, 0.2) is 0 Å². The third-order valence-electron chi connectivity index (χ3n) is 12.2. The number of aliphatic hydroxyl groups excluding tert-OH is 3. The Morgan fingerprint density at radius 1 is 0.281 bits per heavy atom. The fourth-order valence-electron chi connectivity index (χ4n) is 7.98. The maximum Gasteiger partial charge on any atom is 3.00 e. The molecule has 0 aromatic carbocycles. The van der Waals surface area contributed by atoms with E-state index in [2.05, 4.69) is 20.8 Å². The van der Waals surface area contributed by atoms with E-state index in [9.17, 15) is 45.0 Å². The van der Waals surface area contributed by atoms with Crippen LogP contribution in [0, 0.1) is 0 Å². The van der Waals surface area contributed by atoms with Gasteiger partial charge in [0, 0.05) is 17.9 Å².